The largest absolute Gasteiger partial charge is 0.508 e. The van der Waals surface area contributed by atoms with E-state index in [2.05, 4.69) is 47.1 Å². The van der Waals surface area contributed by atoms with Crippen molar-refractivity contribution in [2.45, 2.75) is 74.3 Å². The van der Waals surface area contributed by atoms with E-state index >= 15 is 0 Å². The Bertz CT molecular complexity index is 1310. The fourth-order valence-electron chi connectivity index (χ4n) is 4.80. The third-order valence-electron chi connectivity index (χ3n) is 6.54. The van der Waals surface area contributed by atoms with Crippen LogP contribution in [0.15, 0.2) is 79.3 Å². The van der Waals surface area contributed by atoms with Crippen molar-refractivity contribution in [3.8, 4) is 5.75 Å². The molecular formula is C36H50FN3O. The summed E-state index contributed by atoms with van der Waals surface area (Å²) in [4.78, 5) is 6.66. The number of phenols is 1. The molecular weight excluding hydrogens is 509 g/mol. The highest BCUT2D eigenvalue weighted by Gasteiger charge is 2.40. The van der Waals surface area contributed by atoms with Crippen molar-refractivity contribution in [3.63, 3.8) is 0 Å². The summed E-state index contributed by atoms with van der Waals surface area (Å²) in [7, 11) is 1.95. The first kappa shape index (κ1) is 35.2. The fraction of sp³-hybridized carbons (Fsp3) is 0.361. The van der Waals surface area contributed by atoms with Crippen LogP contribution < -0.4 is 4.90 Å². The molecule has 1 aliphatic rings. The van der Waals surface area contributed by atoms with E-state index in [0.717, 1.165) is 46.6 Å². The van der Waals surface area contributed by atoms with Crippen LogP contribution in [-0.4, -0.2) is 21.2 Å². The zero-order valence-electron chi connectivity index (χ0n) is 26.7. The highest BCUT2D eigenvalue weighted by Crippen LogP contribution is 2.44. The van der Waals surface area contributed by atoms with Crippen LogP contribution in [0.3, 0.4) is 0 Å². The smallest absolute Gasteiger partial charge is 0.123 e. The van der Waals surface area contributed by atoms with Crippen molar-refractivity contribution in [1.82, 2.24) is 9.55 Å². The second-order valence-electron chi connectivity index (χ2n) is 8.71. The number of rotatable bonds is 4. The fourth-order valence-corrected chi connectivity index (χ4v) is 4.80. The molecule has 0 spiro atoms. The Morgan fingerprint density at radius 2 is 1.44 bits per heavy atom. The molecule has 5 rings (SSSR count). The number of anilines is 1. The van der Waals surface area contributed by atoms with Crippen LogP contribution in [0, 0.1) is 5.82 Å². The van der Waals surface area contributed by atoms with Gasteiger partial charge in [0.15, 0.2) is 0 Å². The molecule has 222 valence electrons. The summed E-state index contributed by atoms with van der Waals surface area (Å²) in [5, 5.41) is 10.1. The van der Waals surface area contributed by atoms with Crippen molar-refractivity contribution in [2.24, 2.45) is 7.05 Å². The van der Waals surface area contributed by atoms with E-state index in [1.165, 1.54) is 12.1 Å². The van der Waals surface area contributed by atoms with Crippen molar-refractivity contribution < 1.29 is 9.50 Å². The number of phenolic OH excluding ortho intramolecular Hbond substituents is 1. The number of aryl methyl sites for hydroxylation is 1. The van der Waals surface area contributed by atoms with Gasteiger partial charge in [0.05, 0.1) is 17.6 Å². The predicted octanol–water partition coefficient (Wildman–Crippen LogP) is 9.87. The van der Waals surface area contributed by atoms with Gasteiger partial charge in [-0.2, -0.15) is 0 Å². The molecule has 3 aromatic carbocycles. The molecule has 2 heterocycles. The molecule has 0 bridgehead atoms. The van der Waals surface area contributed by atoms with Crippen molar-refractivity contribution >= 4 is 17.8 Å². The Morgan fingerprint density at radius 1 is 0.829 bits per heavy atom. The molecule has 4 nitrogen and oxygen atoms in total. The van der Waals surface area contributed by atoms with E-state index in [4.69, 9.17) is 0 Å². The molecule has 5 heteroatoms. The maximum atomic E-state index is 13.6. The number of fused-ring (bicyclic) bond motifs is 1. The van der Waals surface area contributed by atoms with Gasteiger partial charge in [-0.1, -0.05) is 91.8 Å². The van der Waals surface area contributed by atoms with E-state index in [-0.39, 0.29) is 11.6 Å². The molecule has 0 saturated heterocycles. The van der Waals surface area contributed by atoms with E-state index in [0.29, 0.717) is 0 Å². The highest BCUT2D eigenvalue weighted by atomic mass is 19.1. The summed E-state index contributed by atoms with van der Waals surface area (Å²) in [5.74, 6) is 0.0353. The normalized spacial score (nSPS) is 15.0. The molecule has 1 aliphatic heterocycles. The zero-order valence-corrected chi connectivity index (χ0v) is 26.7. The quantitative estimate of drug-likeness (QED) is 0.270. The molecule has 1 aromatic heterocycles. The lowest BCUT2D eigenvalue weighted by Gasteiger charge is -2.48. The Balaban J connectivity index is 0.000000969. The number of aromatic hydroxyl groups is 1. The summed E-state index contributed by atoms with van der Waals surface area (Å²) in [5.41, 5.74) is 5.91. The number of aromatic nitrogens is 2. The summed E-state index contributed by atoms with van der Waals surface area (Å²) in [6.07, 6.45) is 8.62. The monoisotopic (exact) mass is 559 g/mol. The Kier molecular flexibility index (Phi) is 15.2. The van der Waals surface area contributed by atoms with Gasteiger partial charge < -0.3 is 14.6 Å². The molecule has 41 heavy (non-hydrogen) atoms. The third kappa shape index (κ3) is 8.56. The molecule has 0 fully saturated rings. The summed E-state index contributed by atoms with van der Waals surface area (Å²) in [6, 6.07) is 20.8. The lowest BCUT2D eigenvalue weighted by molar-refractivity contribution is 0.463. The van der Waals surface area contributed by atoms with Crippen molar-refractivity contribution in [3.05, 3.63) is 113 Å². The lowest BCUT2D eigenvalue weighted by Crippen LogP contribution is -2.49. The number of imidazole rings is 1. The Morgan fingerprint density at radius 3 is 2.00 bits per heavy atom. The van der Waals surface area contributed by atoms with Crippen LogP contribution in [0.5, 0.6) is 5.75 Å². The van der Waals surface area contributed by atoms with Gasteiger partial charge in [0, 0.05) is 25.5 Å². The van der Waals surface area contributed by atoms with Gasteiger partial charge in [-0.15, -0.1) is 0 Å². The van der Waals surface area contributed by atoms with E-state index < -0.39 is 5.54 Å². The molecule has 1 atom stereocenters. The van der Waals surface area contributed by atoms with Crippen LogP contribution in [0.4, 0.5) is 10.1 Å². The molecule has 0 saturated carbocycles. The summed E-state index contributed by atoms with van der Waals surface area (Å²) in [6.45, 7) is 19.0. The average molecular weight is 560 g/mol. The summed E-state index contributed by atoms with van der Waals surface area (Å²) >= 11 is 0. The second-order valence-corrected chi connectivity index (χ2v) is 8.71. The minimum absolute atomic E-state index is 0.244. The van der Waals surface area contributed by atoms with Crippen LogP contribution >= 0.6 is 0 Å². The maximum Gasteiger partial charge on any atom is 0.123 e. The molecule has 1 unspecified atom stereocenters. The van der Waals surface area contributed by atoms with Crippen LogP contribution in [0.2, 0.25) is 0 Å². The van der Waals surface area contributed by atoms with Gasteiger partial charge in [-0.05, 0) is 78.1 Å². The first-order valence-electron chi connectivity index (χ1n) is 15.1. The highest BCUT2D eigenvalue weighted by molar-refractivity contribution is 5.68. The standard InChI is InChI=1S/C28H26FN3O.4C2H6/c1-28(22-6-3-20(4-7-22)5-10-24-18-31(2)19-30-24)27-14-13-26(33)17-21(27)15-16-32(28)25-11-8-23(29)9-12-25;4*1-2/h3-14,17-19,33H,15-16H2,1-2H3;4*1-2H3/b10-5+;;;;. The summed E-state index contributed by atoms with van der Waals surface area (Å²) < 4.78 is 15.6. The predicted molar refractivity (Wildman–Crippen MR) is 176 cm³/mol. The number of hydrogen-bond acceptors (Lipinski definition) is 3. The molecule has 1 N–H and O–H groups in total. The number of benzene rings is 3. The van der Waals surface area contributed by atoms with Gasteiger partial charge >= 0.3 is 0 Å². The van der Waals surface area contributed by atoms with E-state index in [1.54, 1.807) is 12.4 Å². The van der Waals surface area contributed by atoms with Gasteiger partial charge in [0.25, 0.3) is 0 Å². The van der Waals surface area contributed by atoms with Crippen LogP contribution in [0.1, 0.15) is 90.3 Å². The lowest BCUT2D eigenvalue weighted by atomic mass is 9.76. The van der Waals surface area contributed by atoms with E-state index in [1.807, 2.05) is 104 Å². The Hall–Kier alpha value is -3.86. The zero-order chi connectivity index (χ0) is 31.0. The molecule has 0 aliphatic carbocycles. The van der Waals surface area contributed by atoms with Crippen molar-refractivity contribution in [2.75, 3.05) is 11.4 Å². The average Bonchev–Trinajstić information content (AvgIpc) is 3.46. The van der Waals surface area contributed by atoms with Gasteiger partial charge in [0.2, 0.25) is 0 Å². The van der Waals surface area contributed by atoms with Gasteiger partial charge in [-0.25, -0.2) is 9.37 Å². The van der Waals surface area contributed by atoms with Crippen LogP contribution in [-0.2, 0) is 19.0 Å². The van der Waals surface area contributed by atoms with Crippen LogP contribution in [0.25, 0.3) is 12.2 Å². The minimum Gasteiger partial charge on any atom is -0.508 e. The van der Waals surface area contributed by atoms with E-state index in [9.17, 15) is 9.50 Å². The first-order valence-corrected chi connectivity index (χ1v) is 15.1. The topological polar surface area (TPSA) is 41.3 Å². The third-order valence-corrected chi connectivity index (χ3v) is 6.54. The first-order chi connectivity index (χ1) is 19.9. The number of nitrogens with zero attached hydrogens (tertiary/aromatic N) is 3. The molecule has 0 amide bonds. The van der Waals surface area contributed by atoms with Crippen molar-refractivity contribution in [1.29, 1.82) is 0 Å². The molecule has 0 radical (unpaired) electrons. The number of hydrogen-bond donors (Lipinski definition) is 1. The molecule has 4 aromatic rings. The SMILES string of the molecule is CC.CC.CC.CC.Cn1cnc(/C=C/c2ccc(C3(C)c4ccc(O)cc4CCN3c3ccc(F)cc3)cc2)c1. The second kappa shape index (κ2) is 17.8. The maximum absolute atomic E-state index is 13.6. The van der Waals surface area contributed by atoms with Gasteiger partial charge in [0.1, 0.15) is 11.6 Å². The minimum atomic E-state index is -0.470. The van der Waals surface area contributed by atoms with Gasteiger partial charge in [-0.3, -0.25) is 0 Å². The number of halogens is 1. The Labute approximate surface area is 248 Å².